The molecule has 4 fully saturated rings. The van der Waals surface area contributed by atoms with Crippen LogP contribution < -0.4 is 0 Å². The van der Waals surface area contributed by atoms with Crippen molar-refractivity contribution < 1.29 is 126 Å². The monoisotopic (exact) mass is 2130 g/mol. The van der Waals surface area contributed by atoms with Crippen molar-refractivity contribution >= 4 is 92.2 Å². The van der Waals surface area contributed by atoms with Crippen LogP contribution in [0.4, 0.5) is 17.6 Å². The highest BCUT2D eigenvalue weighted by atomic mass is 79.9. The van der Waals surface area contributed by atoms with Gasteiger partial charge in [-0.05, 0) is 287 Å². The van der Waals surface area contributed by atoms with Gasteiger partial charge < -0.3 is 103 Å². The summed E-state index contributed by atoms with van der Waals surface area (Å²) in [5.74, 6) is -5.36. The molecule has 0 amide bonds. The third kappa shape index (κ3) is 28.5. The van der Waals surface area contributed by atoms with Crippen LogP contribution in [0.2, 0.25) is 58.9 Å². The smallest absolute Gasteiger partial charge is 0.337 e. The number of cyclic esters (lactones) is 1. The number of hydrogen-bond donors (Lipinski definition) is 13. The average molecular weight is 2130 g/mol. The Hall–Kier alpha value is -7.92. The number of hydrogen-bond acceptors (Lipinski definition) is 26. The number of carbonyl (C=O) groups is 1. The number of methoxy groups -OCH3 is 1. The SMILES string of the molecule is CC[C@H]1OC(=O)[C@H](O[Si](C)(C)C)[C@@H](O[Si](C)(C)C)[C@@H]1O[Si](C)(C)C.COC1(c2ccc(C)c(Cc3ccc(-c4ccc(F)cc4)s3)c2)O[C@H](CO)[C@@H](O)[C@H](O)[C@H]1O.Cc1ccc(Br)cc1Cc1ccc(-c2ccc(F)cc2)s1.Cc1ccc(C2(O)O[C@H](CO)[C@@H](O)[C@H](O)[C@H]2O)cc1Cc1ccc(-c2ccc(F)cc2)s1.Cc1ccc(C2O[C@H](CO)[C@@H](O)[C@H](O)[C@H]2O)cc1Cc1ccc(-c2ccc(F)cc2)s1. The van der Waals surface area contributed by atoms with Crippen molar-refractivity contribution in [2.45, 2.75) is 241 Å². The lowest BCUT2D eigenvalue weighted by molar-refractivity contribution is -0.366. The molecule has 12 aromatic rings. The molecule has 3 unspecified atom stereocenters. The number of halogens is 5. The summed E-state index contributed by atoms with van der Waals surface area (Å²) in [6, 6.07) is 64.6. The molecule has 0 aliphatic carbocycles. The second-order valence-corrected chi connectivity index (χ2v) is 57.6. The highest BCUT2D eigenvalue weighted by Crippen LogP contribution is 2.45. The topological polar surface area (TPSA) is 354 Å². The van der Waals surface area contributed by atoms with Crippen LogP contribution in [-0.4, -0.2) is 222 Å². The van der Waals surface area contributed by atoms with Crippen molar-refractivity contribution in [3.05, 3.63) is 327 Å². The lowest BCUT2D eigenvalue weighted by Crippen LogP contribution is -2.64. The molecular weight excluding hydrogens is 2010 g/mol. The summed E-state index contributed by atoms with van der Waals surface area (Å²) < 4.78 is 101. The predicted octanol–water partition coefficient (Wildman–Crippen LogP) is 18.0. The number of aliphatic hydroxyl groups excluding tert-OH is 12. The fourth-order valence-corrected chi connectivity index (χ4v) is 24.6. The molecule has 8 heterocycles. The van der Waals surface area contributed by atoms with E-state index in [4.69, 9.17) is 37.0 Å². The van der Waals surface area contributed by atoms with E-state index in [1.807, 2.05) is 107 Å². The Morgan fingerprint density at radius 1 is 0.383 bits per heavy atom. The van der Waals surface area contributed by atoms with Crippen LogP contribution >= 0.6 is 61.3 Å². The van der Waals surface area contributed by atoms with E-state index in [2.05, 4.69) is 112 Å². The minimum absolute atomic E-state index is 0.194. The minimum Gasteiger partial charge on any atom is -0.458 e. The lowest BCUT2D eigenvalue weighted by atomic mass is 9.86. The van der Waals surface area contributed by atoms with Crippen molar-refractivity contribution in [2.24, 2.45) is 0 Å². The van der Waals surface area contributed by atoms with Gasteiger partial charge in [-0.1, -0.05) is 120 Å². The van der Waals surface area contributed by atoms with Gasteiger partial charge in [0.15, 0.2) is 31.1 Å². The van der Waals surface area contributed by atoms with Crippen molar-refractivity contribution in [1.29, 1.82) is 0 Å². The maximum absolute atomic E-state index is 13.2. The number of rotatable bonds is 26. The molecule has 19 atom stereocenters. The number of ether oxygens (including phenoxy) is 5. The van der Waals surface area contributed by atoms with E-state index >= 15 is 0 Å². The quantitative estimate of drug-likeness (QED) is 0.0136. The van der Waals surface area contributed by atoms with Crippen LogP contribution in [-0.2, 0) is 79.0 Å². The van der Waals surface area contributed by atoms with Crippen molar-refractivity contribution in [3.63, 3.8) is 0 Å². The summed E-state index contributed by atoms with van der Waals surface area (Å²) in [5, 5.41) is 132. The van der Waals surface area contributed by atoms with E-state index in [1.54, 1.807) is 106 Å². The van der Waals surface area contributed by atoms with Gasteiger partial charge in [0.25, 0.3) is 0 Å². The first-order valence-electron chi connectivity index (χ1n) is 46.5. The van der Waals surface area contributed by atoms with Crippen LogP contribution in [0.5, 0.6) is 0 Å². The van der Waals surface area contributed by atoms with Gasteiger partial charge in [-0.3, -0.25) is 0 Å². The maximum Gasteiger partial charge on any atom is 0.337 e. The Bertz CT molecular complexity index is 6090. The highest BCUT2D eigenvalue weighted by Gasteiger charge is 2.57. The second-order valence-electron chi connectivity index (χ2n) is 38.6. The van der Waals surface area contributed by atoms with Gasteiger partial charge >= 0.3 is 5.97 Å². The number of esters is 1. The second kappa shape index (κ2) is 48.6. The van der Waals surface area contributed by atoms with Crippen LogP contribution in [0, 0.1) is 51.0 Å². The number of benzene rings is 8. The average Bonchev–Trinajstić information content (AvgIpc) is 1.39. The Labute approximate surface area is 848 Å². The molecule has 0 bridgehead atoms. The standard InChI is InChI=1S/C25H27FO6S.C24H25FO6S.C24H25FO5S.C18H14BrFS.C16H36O5Si3/c1-14-3-6-17(25(31-2)24(30)23(29)22(28)20(13-27)32-25)11-16(14)12-19-9-10-21(33-19)15-4-7-18(26)8-5-15;1-13-2-5-16(24(30)23(29)22(28)21(27)19(12-26)31-24)10-15(13)11-18-8-9-20(32-18)14-3-6-17(25)7-4-14;1-13-2-3-15(24-23(29)22(28)21(27)19(12-26)30-24)10-16(13)11-18-8-9-20(31-18)14-4-6-17(25)7-5-14;1-12-2-5-15(19)10-14(12)11-17-8-9-18(21-17)13-3-6-16(20)7-4-13;1-11-12-13(19-22(2,3)4)14(20-23(5,6)7)15(16(17)18-12)21-24(8,9)10/h3-11,20,22-24,27-30H,12-13H2,1-2H3;2-10,19,21-23,26-30H,11-12H2,1H3;2-10,19,21-24,26-29H,11-12H2,1H3;2-10H,11H2,1H3;12-15H,11H2,1-10H3/t20-,22-,23+,24-,25?;2*19-,21-,22+,23-,24?;;12-,13-,14+,15-/m111.1/s1. The maximum atomic E-state index is 13.2. The molecular formula is C107H127BrF4O22S4Si3. The largest absolute Gasteiger partial charge is 0.458 e. The first-order valence-corrected chi connectivity index (χ1v) is 60.8. The molecule has 13 N–H and O–H groups in total. The molecule has 141 heavy (non-hydrogen) atoms. The zero-order valence-corrected chi connectivity index (χ0v) is 89.1. The fourth-order valence-electron chi connectivity index (χ4n) is 16.9. The molecule has 0 saturated carbocycles. The van der Waals surface area contributed by atoms with Crippen LogP contribution in [0.3, 0.4) is 0 Å². The van der Waals surface area contributed by atoms with E-state index in [9.17, 15) is 88.7 Å². The molecule has 8 aromatic carbocycles. The van der Waals surface area contributed by atoms with Gasteiger partial charge in [0.1, 0.15) is 121 Å². The van der Waals surface area contributed by atoms with Gasteiger partial charge in [-0.15, -0.1) is 45.3 Å². The van der Waals surface area contributed by atoms with Crippen molar-refractivity contribution in [3.8, 4) is 41.8 Å². The van der Waals surface area contributed by atoms with E-state index in [-0.39, 0.29) is 53.1 Å². The van der Waals surface area contributed by atoms with E-state index in [0.717, 1.165) is 95.8 Å². The summed E-state index contributed by atoms with van der Waals surface area (Å²) in [6.45, 7) is 27.5. The Morgan fingerprint density at radius 3 is 1.12 bits per heavy atom. The molecule has 22 nitrogen and oxygen atoms in total. The molecule has 4 saturated heterocycles. The molecule has 4 aliphatic rings. The lowest BCUT2D eigenvalue weighted by Gasteiger charge is -2.47. The Balaban J connectivity index is 0.000000159. The third-order valence-corrected chi connectivity index (χ3v) is 32.6. The molecule has 34 heteroatoms. The highest BCUT2D eigenvalue weighted by molar-refractivity contribution is 9.10. The first-order chi connectivity index (χ1) is 66.6. The van der Waals surface area contributed by atoms with Crippen LogP contribution in [0.15, 0.2) is 223 Å². The zero-order valence-electron chi connectivity index (χ0n) is 81.3. The zero-order chi connectivity index (χ0) is 103. The number of carbonyl (C=O) groups excluding carboxylic acids is 1. The molecule has 0 radical (unpaired) electrons. The van der Waals surface area contributed by atoms with Crippen LogP contribution in [0.1, 0.15) is 100 Å². The number of aryl methyl sites for hydroxylation is 4. The molecule has 4 aliphatic heterocycles. The minimum atomic E-state index is -2.29. The molecule has 4 aromatic heterocycles. The number of thiophene rings is 4. The summed E-state index contributed by atoms with van der Waals surface area (Å²) in [4.78, 5) is 21.5. The van der Waals surface area contributed by atoms with Crippen molar-refractivity contribution in [2.75, 3.05) is 26.9 Å². The summed E-state index contributed by atoms with van der Waals surface area (Å²) in [6.07, 6.45) is -16.0. The third-order valence-electron chi connectivity index (χ3n) is 24.6. The van der Waals surface area contributed by atoms with Gasteiger partial charge in [0, 0.05) is 87.4 Å². The van der Waals surface area contributed by atoms with E-state index in [0.29, 0.717) is 36.8 Å². The first kappa shape index (κ1) is 112. The van der Waals surface area contributed by atoms with Crippen LogP contribution in [0.25, 0.3) is 41.8 Å². The fraction of sp³-hybridized carbons (Fsp3) is 0.393. The van der Waals surface area contributed by atoms with Gasteiger partial charge in [0.05, 0.1) is 19.8 Å². The molecule has 758 valence electrons. The van der Waals surface area contributed by atoms with Gasteiger partial charge in [0.2, 0.25) is 11.6 Å². The summed E-state index contributed by atoms with van der Waals surface area (Å²) in [7, 11) is -4.31. The van der Waals surface area contributed by atoms with E-state index < -0.39 is 142 Å². The number of aliphatic hydroxyl groups is 13. The molecule has 16 rings (SSSR count). The Morgan fingerprint density at radius 2 is 0.730 bits per heavy atom. The summed E-state index contributed by atoms with van der Waals surface area (Å²) in [5.41, 5.74) is 13.8. The van der Waals surface area contributed by atoms with Gasteiger partial charge in [-0.25, -0.2) is 22.4 Å². The Kier molecular flexibility index (Phi) is 38.6. The predicted molar refractivity (Wildman–Crippen MR) is 553 cm³/mol. The summed E-state index contributed by atoms with van der Waals surface area (Å²) >= 11 is 10.1. The van der Waals surface area contributed by atoms with E-state index in [1.165, 1.54) is 76.5 Å². The van der Waals surface area contributed by atoms with Gasteiger partial charge in [-0.2, -0.15) is 0 Å². The van der Waals surface area contributed by atoms with Crippen molar-refractivity contribution in [1.82, 2.24) is 0 Å². The molecule has 0 spiro atoms. The normalized spacial score (nSPS) is 25.2.